The molecule has 2 N–H and O–H groups in total. The van der Waals surface area contributed by atoms with Gasteiger partial charge in [-0.15, -0.1) is 0 Å². The summed E-state index contributed by atoms with van der Waals surface area (Å²) in [7, 11) is 0. The lowest BCUT2D eigenvalue weighted by Crippen LogP contribution is -2.14. The van der Waals surface area contributed by atoms with E-state index in [9.17, 15) is 24.8 Å². The Morgan fingerprint density at radius 1 is 1.42 bits per heavy atom. The highest BCUT2D eigenvalue weighted by atomic mass is 79.9. The Labute approximate surface area is 116 Å². The largest absolute Gasteiger partial charge is 0.479 e. The smallest absolute Gasteiger partial charge is 0.337 e. The van der Waals surface area contributed by atoms with E-state index in [1.165, 1.54) is 12.1 Å². The number of benzene rings is 1. The van der Waals surface area contributed by atoms with Gasteiger partial charge in [-0.2, -0.15) is 0 Å². The van der Waals surface area contributed by atoms with E-state index in [0.717, 1.165) is 6.07 Å². The molecule has 19 heavy (non-hydrogen) atoms. The van der Waals surface area contributed by atoms with Crippen LogP contribution in [0.25, 0.3) is 0 Å². The normalized spacial score (nSPS) is 11.9. The van der Waals surface area contributed by atoms with E-state index in [-0.39, 0.29) is 28.7 Å². The van der Waals surface area contributed by atoms with Crippen molar-refractivity contribution in [3.05, 3.63) is 39.4 Å². The third-order valence-electron chi connectivity index (χ3n) is 2.40. The molecular formula is C11H10BrNO6. The van der Waals surface area contributed by atoms with Crippen molar-refractivity contribution in [2.45, 2.75) is 12.5 Å². The first-order chi connectivity index (χ1) is 8.88. The number of Topliss-reactive ketones (excluding diaryl/α,β-unsaturated/α-hetero) is 1. The van der Waals surface area contributed by atoms with Gasteiger partial charge in [-0.05, 0) is 6.07 Å². The number of carboxylic acid groups (broad SMARTS) is 1. The number of aliphatic carboxylic acids is 1. The summed E-state index contributed by atoms with van der Waals surface area (Å²) in [5.41, 5.74) is -0.795. The van der Waals surface area contributed by atoms with Crippen LogP contribution in [0.3, 0.4) is 0 Å². The van der Waals surface area contributed by atoms with Crippen LogP contribution >= 0.6 is 15.9 Å². The van der Waals surface area contributed by atoms with Gasteiger partial charge >= 0.3 is 5.97 Å². The second kappa shape index (κ2) is 6.39. The van der Waals surface area contributed by atoms with E-state index in [1.807, 2.05) is 0 Å². The van der Waals surface area contributed by atoms with Gasteiger partial charge in [0.05, 0.1) is 15.8 Å². The molecule has 0 spiro atoms. The molecule has 1 aromatic rings. The summed E-state index contributed by atoms with van der Waals surface area (Å²) in [5.74, 6) is -1.88. The van der Waals surface area contributed by atoms with Gasteiger partial charge in [0.2, 0.25) is 0 Å². The van der Waals surface area contributed by atoms with Crippen LogP contribution in [-0.2, 0) is 16.0 Å². The van der Waals surface area contributed by atoms with Crippen molar-refractivity contribution in [3.63, 3.8) is 0 Å². The number of nitro benzene ring substituents is 1. The molecule has 7 nitrogen and oxygen atoms in total. The Balaban J connectivity index is 3.33. The van der Waals surface area contributed by atoms with E-state index in [2.05, 4.69) is 15.9 Å². The summed E-state index contributed by atoms with van der Waals surface area (Å²) in [6.07, 6.45) is -2.21. The minimum atomic E-state index is -2.00. The van der Waals surface area contributed by atoms with Crippen LogP contribution in [0.2, 0.25) is 0 Å². The Bertz CT molecular complexity index is 530. The Hall–Kier alpha value is -1.80. The zero-order chi connectivity index (χ0) is 14.6. The molecule has 1 rings (SSSR count). The van der Waals surface area contributed by atoms with E-state index in [4.69, 9.17) is 5.11 Å². The monoisotopic (exact) mass is 331 g/mol. The first-order valence-corrected chi connectivity index (χ1v) is 6.25. The third kappa shape index (κ3) is 3.58. The number of ketones is 1. The number of hydrogen-bond donors (Lipinski definition) is 2. The van der Waals surface area contributed by atoms with Crippen molar-refractivity contribution < 1.29 is 24.7 Å². The topological polar surface area (TPSA) is 118 Å². The van der Waals surface area contributed by atoms with Gasteiger partial charge in [-0.25, -0.2) is 4.79 Å². The maximum Gasteiger partial charge on any atom is 0.337 e. The molecule has 8 heteroatoms. The van der Waals surface area contributed by atoms with Crippen molar-refractivity contribution in [3.8, 4) is 0 Å². The molecule has 1 aromatic carbocycles. The SMILES string of the molecule is O=C(CBr)Cc1cccc(C(O)C(=O)O)c1[N+](=O)[O-]. The summed E-state index contributed by atoms with van der Waals surface area (Å²) in [5, 5.41) is 29.2. The van der Waals surface area contributed by atoms with Gasteiger partial charge in [-0.3, -0.25) is 14.9 Å². The Morgan fingerprint density at radius 2 is 2.05 bits per heavy atom. The second-order valence-electron chi connectivity index (χ2n) is 3.70. The first kappa shape index (κ1) is 15.3. The number of carbonyl (C=O) groups is 2. The van der Waals surface area contributed by atoms with Gasteiger partial charge in [0.25, 0.3) is 5.69 Å². The van der Waals surface area contributed by atoms with Gasteiger partial charge in [0.15, 0.2) is 6.10 Å². The zero-order valence-corrected chi connectivity index (χ0v) is 11.2. The summed E-state index contributed by atoms with van der Waals surface area (Å²) >= 11 is 2.94. The van der Waals surface area contributed by atoms with Crippen molar-refractivity contribution in [2.24, 2.45) is 0 Å². The van der Waals surface area contributed by atoms with E-state index in [0.29, 0.717) is 0 Å². The molecule has 0 heterocycles. The van der Waals surface area contributed by atoms with Crippen LogP contribution in [0.4, 0.5) is 5.69 Å². The highest BCUT2D eigenvalue weighted by Gasteiger charge is 2.28. The van der Waals surface area contributed by atoms with Crippen molar-refractivity contribution in [2.75, 3.05) is 5.33 Å². The summed E-state index contributed by atoms with van der Waals surface area (Å²) < 4.78 is 0. The Kier molecular flexibility index (Phi) is 5.13. The summed E-state index contributed by atoms with van der Waals surface area (Å²) in [6.45, 7) is 0. The van der Waals surface area contributed by atoms with E-state index >= 15 is 0 Å². The minimum absolute atomic E-state index is 0.0376. The highest BCUT2D eigenvalue weighted by Crippen LogP contribution is 2.29. The molecule has 0 aliphatic heterocycles. The van der Waals surface area contributed by atoms with Crippen molar-refractivity contribution >= 4 is 33.4 Å². The van der Waals surface area contributed by atoms with Crippen LogP contribution in [0.15, 0.2) is 18.2 Å². The third-order valence-corrected chi connectivity index (χ3v) is 3.02. The molecule has 0 aliphatic carbocycles. The van der Waals surface area contributed by atoms with E-state index in [1.54, 1.807) is 0 Å². The van der Waals surface area contributed by atoms with Gasteiger partial charge < -0.3 is 10.2 Å². The molecule has 0 saturated carbocycles. The minimum Gasteiger partial charge on any atom is -0.479 e. The summed E-state index contributed by atoms with van der Waals surface area (Å²) in [6, 6.07) is 3.88. The number of aliphatic hydroxyl groups is 1. The Morgan fingerprint density at radius 3 is 2.53 bits per heavy atom. The molecule has 0 aliphatic rings. The molecule has 1 atom stereocenters. The quantitative estimate of drug-likeness (QED) is 0.459. The van der Waals surface area contributed by atoms with Crippen LogP contribution in [-0.4, -0.2) is 32.2 Å². The standard InChI is InChI=1S/C11H10BrNO6/c12-5-7(14)4-6-2-1-3-8(9(6)13(18)19)10(15)11(16)17/h1-3,10,15H,4-5H2,(H,16,17). The number of halogens is 1. The number of nitrogens with zero attached hydrogens (tertiary/aromatic N) is 1. The molecule has 0 bridgehead atoms. The van der Waals surface area contributed by atoms with Gasteiger partial charge in [-0.1, -0.05) is 28.1 Å². The number of nitro groups is 1. The summed E-state index contributed by atoms with van der Waals surface area (Å²) in [4.78, 5) is 32.3. The molecular weight excluding hydrogens is 322 g/mol. The number of hydrogen-bond acceptors (Lipinski definition) is 5. The zero-order valence-electron chi connectivity index (χ0n) is 9.58. The number of rotatable bonds is 6. The first-order valence-electron chi connectivity index (χ1n) is 5.13. The predicted octanol–water partition coefficient (Wildman–Crippen LogP) is 1.22. The van der Waals surface area contributed by atoms with Crippen LogP contribution in [0.1, 0.15) is 17.2 Å². The number of alkyl halides is 1. The van der Waals surface area contributed by atoms with Crippen LogP contribution in [0, 0.1) is 10.1 Å². The molecule has 0 fully saturated rings. The second-order valence-corrected chi connectivity index (χ2v) is 4.26. The molecule has 102 valence electrons. The number of aliphatic hydroxyl groups excluding tert-OH is 1. The number of carboxylic acids is 1. The predicted molar refractivity (Wildman–Crippen MR) is 68.2 cm³/mol. The van der Waals surface area contributed by atoms with Crippen LogP contribution < -0.4 is 0 Å². The molecule has 0 radical (unpaired) electrons. The average molecular weight is 332 g/mol. The molecule has 0 aromatic heterocycles. The fourth-order valence-corrected chi connectivity index (χ4v) is 1.79. The van der Waals surface area contributed by atoms with Crippen LogP contribution in [0.5, 0.6) is 0 Å². The van der Waals surface area contributed by atoms with E-state index < -0.39 is 22.7 Å². The van der Waals surface area contributed by atoms with Gasteiger partial charge in [0.1, 0.15) is 5.78 Å². The lowest BCUT2D eigenvalue weighted by molar-refractivity contribution is -0.386. The highest BCUT2D eigenvalue weighted by molar-refractivity contribution is 9.09. The lowest BCUT2D eigenvalue weighted by Gasteiger charge is -2.09. The van der Waals surface area contributed by atoms with Gasteiger partial charge in [0, 0.05) is 12.0 Å². The molecule has 0 amide bonds. The van der Waals surface area contributed by atoms with Crippen molar-refractivity contribution in [1.82, 2.24) is 0 Å². The maximum atomic E-state index is 11.3. The fourth-order valence-electron chi connectivity index (χ4n) is 1.59. The molecule has 1 unspecified atom stereocenters. The van der Waals surface area contributed by atoms with Crippen molar-refractivity contribution in [1.29, 1.82) is 0 Å². The number of para-hydroxylation sites is 1. The lowest BCUT2D eigenvalue weighted by atomic mass is 9.99. The average Bonchev–Trinajstić information content (AvgIpc) is 2.36. The number of carbonyl (C=O) groups excluding carboxylic acids is 1. The molecule has 0 saturated heterocycles. The fraction of sp³-hybridized carbons (Fsp3) is 0.273. The maximum absolute atomic E-state index is 11.3.